The smallest absolute Gasteiger partial charge is 0.141 e. The Labute approximate surface area is 163 Å². The molecule has 0 amide bonds. The largest absolute Gasteiger partial charge is 0.388 e. The van der Waals surface area contributed by atoms with Crippen LogP contribution >= 0.6 is 0 Å². The zero-order valence-electron chi connectivity index (χ0n) is 15.8. The minimum Gasteiger partial charge on any atom is -0.388 e. The molecule has 1 fully saturated rings. The van der Waals surface area contributed by atoms with Gasteiger partial charge in [-0.25, -0.2) is 9.50 Å². The van der Waals surface area contributed by atoms with Crippen LogP contribution in [0.2, 0.25) is 0 Å². The molecular weight excluding hydrogens is 350 g/mol. The average molecular weight is 375 g/mol. The van der Waals surface area contributed by atoms with Gasteiger partial charge in [-0.1, -0.05) is 35.5 Å². The quantitative estimate of drug-likeness (QED) is 0.542. The van der Waals surface area contributed by atoms with Crippen molar-refractivity contribution in [3.05, 3.63) is 60.2 Å². The normalized spacial score (nSPS) is 21.3. The maximum Gasteiger partial charge on any atom is 0.141 e. The van der Waals surface area contributed by atoms with E-state index >= 15 is 0 Å². The number of hydrogen-bond acceptors (Lipinski definition) is 4. The van der Waals surface area contributed by atoms with Crippen LogP contribution in [0.15, 0.2) is 48.9 Å². The summed E-state index contributed by atoms with van der Waals surface area (Å²) in [5.74, 6) is 1.14. The molecule has 28 heavy (non-hydrogen) atoms. The van der Waals surface area contributed by atoms with Crippen molar-refractivity contribution < 1.29 is 5.11 Å². The molecule has 1 atom stereocenters. The molecule has 3 aromatic heterocycles. The fraction of sp³-hybridized carbons (Fsp3) is 0.409. The highest BCUT2D eigenvalue weighted by Crippen LogP contribution is 2.39. The van der Waals surface area contributed by atoms with Gasteiger partial charge in [-0.05, 0) is 56.1 Å². The van der Waals surface area contributed by atoms with Gasteiger partial charge in [0.05, 0.1) is 11.8 Å². The lowest BCUT2D eigenvalue weighted by Gasteiger charge is -2.28. The van der Waals surface area contributed by atoms with E-state index in [2.05, 4.69) is 26.3 Å². The second-order valence-electron chi connectivity index (χ2n) is 7.97. The molecule has 1 aliphatic carbocycles. The lowest BCUT2D eigenvalue weighted by molar-refractivity contribution is 0.150. The van der Waals surface area contributed by atoms with Gasteiger partial charge in [0.15, 0.2) is 0 Å². The minimum absolute atomic E-state index is 0.352. The number of rotatable bonds is 5. The third-order valence-corrected chi connectivity index (χ3v) is 6.26. The Bertz CT molecular complexity index is 1060. The van der Waals surface area contributed by atoms with Gasteiger partial charge in [-0.15, -0.1) is 5.10 Å². The van der Waals surface area contributed by atoms with Gasteiger partial charge >= 0.3 is 0 Å². The molecule has 1 saturated carbocycles. The van der Waals surface area contributed by atoms with Crippen molar-refractivity contribution in [2.24, 2.45) is 5.92 Å². The monoisotopic (exact) mass is 375 g/mol. The van der Waals surface area contributed by atoms with E-state index in [9.17, 15) is 5.11 Å². The molecule has 6 heteroatoms. The number of fused-ring (bicyclic) bond motifs is 3. The van der Waals surface area contributed by atoms with Crippen molar-refractivity contribution in [2.75, 3.05) is 0 Å². The summed E-state index contributed by atoms with van der Waals surface area (Å²) in [4.78, 5) is 7.56. The lowest BCUT2D eigenvalue weighted by Crippen LogP contribution is -2.15. The Hall–Kier alpha value is -2.73. The van der Waals surface area contributed by atoms with Crippen molar-refractivity contribution in [3.8, 4) is 0 Å². The van der Waals surface area contributed by atoms with Gasteiger partial charge in [0.1, 0.15) is 17.5 Å². The number of hydrogen-bond donors (Lipinski definition) is 2. The Balaban J connectivity index is 1.24. The first-order chi connectivity index (χ1) is 13.8. The first kappa shape index (κ1) is 17.4. The number of benzene rings is 1. The Kier molecular flexibility index (Phi) is 4.56. The molecule has 1 aliphatic rings. The van der Waals surface area contributed by atoms with E-state index in [0.29, 0.717) is 11.8 Å². The first-order valence-corrected chi connectivity index (χ1v) is 10.2. The highest BCUT2D eigenvalue weighted by Gasteiger charge is 2.27. The van der Waals surface area contributed by atoms with Crippen molar-refractivity contribution in [2.45, 2.75) is 50.5 Å². The number of aromatic amines is 1. The molecule has 0 unspecified atom stereocenters. The number of H-pyrrole nitrogens is 1. The van der Waals surface area contributed by atoms with Gasteiger partial charge in [0.25, 0.3) is 0 Å². The van der Waals surface area contributed by atoms with Crippen LogP contribution in [0.4, 0.5) is 0 Å². The summed E-state index contributed by atoms with van der Waals surface area (Å²) in [5, 5.41) is 20.3. The van der Waals surface area contributed by atoms with Crippen LogP contribution in [0.25, 0.3) is 16.6 Å². The van der Waals surface area contributed by atoms with Crippen LogP contribution in [-0.2, 0) is 0 Å². The molecule has 4 aromatic rings. The third kappa shape index (κ3) is 3.18. The van der Waals surface area contributed by atoms with Crippen LogP contribution in [0.5, 0.6) is 0 Å². The summed E-state index contributed by atoms with van der Waals surface area (Å²) in [5.41, 5.74) is 4.11. The molecule has 0 spiro atoms. The van der Waals surface area contributed by atoms with Crippen LogP contribution < -0.4 is 0 Å². The number of aliphatic hydroxyl groups is 1. The fourth-order valence-electron chi connectivity index (χ4n) is 4.65. The minimum atomic E-state index is -0.352. The highest BCUT2D eigenvalue weighted by atomic mass is 16.3. The van der Waals surface area contributed by atoms with E-state index < -0.39 is 0 Å². The predicted molar refractivity (Wildman–Crippen MR) is 108 cm³/mol. The average Bonchev–Trinajstić information content (AvgIpc) is 3.39. The number of aliphatic hydroxyl groups excluding tert-OH is 1. The zero-order valence-corrected chi connectivity index (χ0v) is 15.8. The van der Waals surface area contributed by atoms with E-state index in [4.69, 9.17) is 0 Å². The van der Waals surface area contributed by atoms with Gasteiger partial charge in [-0.2, -0.15) is 0 Å². The maximum absolute atomic E-state index is 10.4. The molecule has 0 aliphatic heterocycles. The second-order valence-corrected chi connectivity index (χ2v) is 7.97. The summed E-state index contributed by atoms with van der Waals surface area (Å²) < 4.78 is 1.80. The summed E-state index contributed by atoms with van der Waals surface area (Å²) in [6.07, 6.45) is 9.86. The van der Waals surface area contributed by atoms with Gasteiger partial charge < -0.3 is 10.1 Å². The van der Waals surface area contributed by atoms with Gasteiger partial charge in [0, 0.05) is 17.5 Å². The topological polar surface area (TPSA) is 79.1 Å². The maximum atomic E-state index is 10.4. The molecule has 6 nitrogen and oxygen atoms in total. The Morgan fingerprint density at radius 3 is 2.75 bits per heavy atom. The molecule has 0 bridgehead atoms. The predicted octanol–water partition coefficient (Wildman–Crippen LogP) is 4.39. The molecule has 2 N–H and O–H groups in total. The molecule has 3 heterocycles. The SMILES string of the molecule is O[C@@H](CCC1CCC(c2nnn3cnc4[nH]ccc4c23)CC1)c1ccccc1. The number of nitrogens with zero attached hydrogens (tertiary/aromatic N) is 4. The first-order valence-electron chi connectivity index (χ1n) is 10.2. The molecule has 0 saturated heterocycles. The molecular formula is C22H25N5O. The third-order valence-electron chi connectivity index (χ3n) is 6.26. The summed E-state index contributed by atoms with van der Waals surface area (Å²) in [6, 6.07) is 12.0. The summed E-state index contributed by atoms with van der Waals surface area (Å²) in [7, 11) is 0. The van der Waals surface area contributed by atoms with Crippen molar-refractivity contribution in [3.63, 3.8) is 0 Å². The highest BCUT2D eigenvalue weighted by molar-refractivity contribution is 5.92. The second kappa shape index (κ2) is 7.36. The van der Waals surface area contributed by atoms with E-state index in [1.54, 1.807) is 10.8 Å². The van der Waals surface area contributed by atoms with Crippen molar-refractivity contribution in [1.82, 2.24) is 24.8 Å². The van der Waals surface area contributed by atoms with E-state index in [-0.39, 0.29) is 6.10 Å². The Morgan fingerprint density at radius 1 is 1.11 bits per heavy atom. The van der Waals surface area contributed by atoms with Gasteiger partial charge in [-0.3, -0.25) is 0 Å². The van der Waals surface area contributed by atoms with Crippen LogP contribution in [-0.4, -0.2) is 29.9 Å². The van der Waals surface area contributed by atoms with E-state index in [1.807, 2.05) is 36.5 Å². The molecule has 0 radical (unpaired) electrons. The molecule has 1 aromatic carbocycles. The number of nitrogens with one attached hydrogen (secondary N) is 1. The molecule has 5 rings (SSSR count). The van der Waals surface area contributed by atoms with Gasteiger partial charge in [0.2, 0.25) is 0 Å². The van der Waals surface area contributed by atoms with Crippen molar-refractivity contribution in [1.29, 1.82) is 0 Å². The fourth-order valence-corrected chi connectivity index (χ4v) is 4.65. The molecule has 144 valence electrons. The van der Waals surface area contributed by atoms with Crippen LogP contribution in [0, 0.1) is 5.92 Å². The van der Waals surface area contributed by atoms with E-state index in [0.717, 1.165) is 53.5 Å². The number of aromatic nitrogens is 5. The summed E-state index contributed by atoms with van der Waals surface area (Å²) in [6.45, 7) is 0. The van der Waals surface area contributed by atoms with Crippen LogP contribution in [0.1, 0.15) is 61.8 Å². The van der Waals surface area contributed by atoms with E-state index in [1.165, 1.54) is 12.8 Å². The van der Waals surface area contributed by atoms with Crippen molar-refractivity contribution >= 4 is 16.6 Å². The standard InChI is InChI=1S/C22H25N5O/c28-19(16-4-2-1-3-5-16)11-8-15-6-9-17(10-7-15)20-21-18-12-13-23-22(18)24-14-27(21)26-25-20/h1-5,12-15,17,19,23,28H,6-11H2/t15?,17?,19-/m0/s1. The lowest BCUT2D eigenvalue weighted by atomic mass is 9.78. The zero-order chi connectivity index (χ0) is 18.9. The summed E-state index contributed by atoms with van der Waals surface area (Å²) >= 11 is 0. The van der Waals surface area contributed by atoms with Crippen LogP contribution in [0.3, 0.4) is 0 Å². The Morgan fingerprint density at radius 2 is 1.93 bits per heavy atom.